The van der Waals surface area contributed by atoms with Crippen LogP contribution in [0, 0.1) is 5.92 Å². The van der Waals surface area contributed by atoms with Crippen LogP contribution < -0.4 is 40.3 Å². The molecule has 0 radical (unpaired) electrons. The summed E-state index contributed by atoms with van der Waals surface area (Å²) >= 11 is 6.62. The second-order valence-electron chi connectivity index (χ2n) is 10.9. The number of carbonyl (C=O) groups is 2. The molecule has 230 valence electrons. The molecule has 3 aliphatic rings. The van der Waals surface area contributed by atoms with Gasteiger partial charge in [0.25, 0.3) is 5.56 Å². The maximum Gasteiger partial charge on any atom is 0.332 e. The molecule has 2 aromatic carbocycles. The number of allylic oxidation sites excluding steroid dienone is 1. The topological polar surface area (TPSA) is 136 Å². The van der Waals surface area contributed by atoms with Crippen molar-refractivity contribution in [1.29, 1.82) is 0 Å². The molecule has 1 aromatic heterocycles. The minimum atomic E-state index is -2.02. The maximum absolute atomic E-state index is 15.0. The average molecular weight is 624 g/mol. The summed E-state index contributed by atoms with van der Waals surface area (Å²) < 4.78 is 30.6. The van der Waals surface area contributed by atoms with Crippen molar-refractivity contribution >= 4 is 29.0 Å². The van der Waals surface area contributed by atoms with Gasteiger partial charge in [0.2, 0.25) is 17.2 Å². The molecule has 0 bridgehead atoms. The molecule has 0 amide bonds. The molecule has 0 fully saturated rings. The number of nitrogens with one attached hydrogen (secondary N) is 1. The highest BCUT2D eigenvalue weighted by Crippen LogP contribution is 2.56. The van der Waals surface area contributed by atoms with Crippen molar-refractivity contribution in [3.8, 4) is 28.7 Å². The number of rotatable bonds is 5. The summed E-state index contributed by atoms with van der Waals surface area (Å²) in [6.07, 6.45) is 0.162. The predicted molar refractivity (Wildman–Crippen MR) is 160 cm³/mol. The lowest BCUT2D eigenvalue weighted by Gasteiger charge is -2.42. The van der Waals surface area contributed by atoms with Gasteiger partial charge in [0.15, 0.2) is 5.75 Å². The number of methoxy groups -OCH3 is 4. The predicted octanol–water partition coefficient (Wildman–Crippen LogP) is 3.21. The molecule has 0 saturated carbocycles. The Kier molecular flexibility index (Phi) is 6.80. The maximum atomic E-state index is 15.0. The molecule has 3 aromatic rings. The van der Waals surface area contributed by atoms with E-state index >= 15 is 4.79 Å². The van der Waals surface area contributed by atoms with Crippen molar-refractivity contribution in [2.24, 2.45) is 20.0 Å². The van der Waals surface area contributed by atoms with E-state index in [1.807, 2.05) is 0 Å². The van der Waals surface area contributed by atoms with E-state index in [2.05, 4.69) is 5.32 Å². The van der Waals surface area contributed by atoms with Crippen LogP contribution >= 0.6 is 11.6 Å². The highest BCUT2D eigenvalue weighted by atomic mass is 35.5. The van der Waals surface area contributed by atoms with Gasteiger partial charge < -0.3 is 29.0 Å². The lowest BCUT2D eigenvalue weighted by atomic mass is 9.65. The van der Waals surface area contributed by atoms with Gasteiger partial charge in [-0.2, -0.15) is 0 Å². The van der Waals surface area contributed by atoms with Crippen molar-refractivity contribution in [2.75, 3.05) is 33.8 Å². The summed E-state index contributed by atoms with van der Waals surface area (Å²) in [6, 6.07) is 6.49. The van der Waals surface area contributed by atoms with Gasteiger partial charge in [0.05, 0.1) is 39.9 Å². The Bertz CT molecular complexity index is 1940. The second-order valence-corrected chi connectivity index (χ2v) is 11.3. The number of nitrogens with zero attached hydrogens (tertiary/aromatic N) is 2. The van der Waals surface area contributed by atoms with Crippen LogP contribution in [-0.4, -0.2) is 54.7 Å². The molecule has 0 saturated heterocycles. The summed E-state index contributed by atoms with van der Waals surface area (Å²) in [5, 5.41) is 3.22. The molecule has 2 aliphatic heterocycles. The summed E-state index contributed by atoms with van der Waals surface area (Å²) in [6.45, 7) is 1.73. The summed E-state index contributed by atoms with van der Waals surface area (Å²) in [4.78, 5) is 56.2. The molecular formula is C31H30ClN3O9. The zero-order valence-corrected chi connectivity index (χ0v) is 25.9. The van der Waals surface area contributed by atoms with Gasteiger partial charge in [-0.05, 0) is 12.5 Å². The Morgan fingerprint density at radius 3 is 2.23 bits per heavy atom. The van der Waals surface area contributed by atoms with Crippen molar-refractivity contribution in [3.05, 3.63) is 78.1 Å². The van der Waals surface area contributed by atoms with Gasteiger partial charge in [0, 0.05) is 49.0 Å². The van der Waals surface area contributed by atoms with E-state index in [4.69, 9.17) is 35.3 Å². The number of carbonyl (C=O) groups excluding carboxylic acids is 2. The fourth-order valence-corrected chi connectivity index (χ4v) is 6.82. The lowest BCUT2D eigenvalue weighted by molar-refractivity contribution is -0.130. The number of ketones is 2. The first-order valence-corrected chi connectivity index (χ1v) is 14.1. The molecule has 12 nitrogen and oxygen atoms in total. The largest absolute Gasteiger partial charge is 0.497 e. The van der Waals surface area contributed by atoms with Gasteiger partial charge >= 0.3 is 5.69 Å². The van der Waals surface area contributed by atoms with Gasteiger partial charge in [0.1, 0.15) is 39.4 Å². The molecule has 1 aliphatic carbocycles. The number of hydrogen-bond acceptors (Lipinski definition) is 10. The van der Waals surface area contributed by atoms with Crippen LogP contribution in [-0.2, 0) is 18.9 Å². The average Bonchev–Trinajstić information content (AvgIpc) is 3.35. The van der Waals surface area contributed by atoms with Crippen LogP contribution in [0.5, 0.6) is 28.7 Å². The van der Waals surface area contributed by atoms with E-state index in [0.29, 0.717) is 22.8 Å². The van der Waals surface area contributed by atoms with Gasteiger partial charge in [-0.15, -0.1) is 0 Å². The van der Waals surface area contributed by atoms with Crippen molar-refractivity contribution in [2.45, 2.75) is 24.9 Å². The SMILES string of the molecule is COc1ccc(C2C3=C(C[C@@H](C)[C@]4(Oc5c(Cl)c(OC)cc(OC)c5C4=O)C3=O)Nc3c2c(=O)n(C)c(=O)n3C)c(OC)c1. The molecule has 3 heterocycles. The number of aromatic nitrogens is 2. The molecule has 3 atom stereocenters. The Morgan fingerprint density at radius 1 is 0.909 bits per heavy atom. The minimum Gasteiger partial charge on any atom is -0.497 e. The normalized spacial score (nSPS) is 21.7. The number of anilines is 1. The highest BCUT2D eigenvalue weighted by Gasteiger charge is 2.64. The van der Waals surface area contributed by atoms with E-state index in [1.165, 1.54) is 46.1 Å². The third kappa shape index (κ3) is 3.69. The monoisotopic (exact) mass is 623 g/mol. The molecule has 6 rings (SSSR count). The third-order valence-electron chi connectivity index (χ3n) is 8.83. The number of fused-ring (bicyclic) bond motifs is 2. The number of halogens is 1. The Hall–Kier alpha value is -4.71. The number of benzene rings is 2. The second kappa shape index (κ2) is 10.2. The standard InChI is InChI=1S/C31H30ClN3O9/c1-13-10-16-21(26(36)31(13)27(37)22-18(42-6)12-19(43-7)24(32)25(22)44-31)20(15-9-8-14(40-4)11-17(15)41-5)23-28(33-16)34(2)30(39)35(3)29(23)38/h8-9,11-13,20,33H,10H2,1-7H3/t13-,20?,31+/m1/s1. The van der Waals surface area contributed by atoms with Crippen molar-refractivity contribution < 1.29 is 33.3 Å². The number of Topliss-reactive ketones (excluding diaryl/α,β-unsaturated/α-hetero) is 2. The van der Waals surface area contributed by atoms with E-state index in [9.17, 15) is 14.4 Å². The number of ether oxygens (including phenoxy) is 5. The summed E-state index contributed by atoms with van der Waals surface area (Å²) in [5.74, 6) is -1.60. The van der Waals surface area contributed by atoms with Gasteiger partial charge in [-0.1, -0.05) is 24.6 Å². The van der Waals surface area contributed by atoms with E-state index in [-0.39, 0.29) is 51.2 Å². The molecule has 44 heavy (non-hydrogen) atoms. The van der Waals surface area contributed by atoms with Crippen LogP contribution in [0.2, 0.25) is 5.02 Å². The molecule has 1 spiro atoms. The first-order valence-electron chi connectivity index (χ1n) is 13.7. The third-order valence-corrected chi connectivity index (χ3v) is 9.19. The van der Waals surface area contributed by atoms with E-state index in [1.54, 1.807) is 32.2 Å². The van der Waals surface area contributed by atoms with Crippen LogP contribution in [0.3, 0.4) is 0 Å². The lowest BCUT2D eigenvalue weighted by Crippen LogP contribution is -2.58. The van der Waals surface area contributed by atoms with Crippen LogP contribution in [0.25, 0.3) is 0 Å². The quantitative estimate of drug-likeness (QED) is 0.422. The van der Waals surface area contributed by atoms with Crippen molar-refractivity contribution in [1.82, 2.24) is 9.13 Å². The van der Waals surface area contributed by atoms with Crippen molar-refractivity contribution in [3.63, 3.8) is 0 Å². The van der Waals surface area contributed by atoms with Crippen LogP contribution in [0.15, 0.2) is 45.1 Å². The van der Waals surface area contributed by atoms with Gasteiger partial charge in [-0.3, -0.25) is 23.5 Å². The van der Waals surface area contributed by atoms with E-state index < -0.39 is 40.3 Å². The zero-order chi connectivity index (χ0) is 31.8. The van der Waals surface area contributed by atoms with Crippen LogP contribution in [0.1, 0.15) is 40.7 Å². The van der Waals surface area contributed by atoms with Crippen LogP contribution in [0.4, 0.5) is 5.82 Å². The first-order chi connectivity index (χ1) is 21.0. The highest BCUT2D eigenvalue weighted by molar-refractivity contribution is 6.36. The molecule has 13 heteroatoms. The first kappa shape index (κ1) is 29.4. The summed E-state index contributed by atoms with van der Waals surface area (Å²) in [7, 11) is 8.68. The Labute approximate surface area is 256 Å². The molecule has 1 unspecified atom stereocenters. The Balaban J connectivity index is 1.64. The zero-order valence-electron chi connectivity index (χ0n) is 25.1. The Morgan fingerprint density at radius 2 is 1.59 bits per heavy atom. The summed E-state index contributed by atoms with van der Waals surface area (Å²) in [5.41, 5.74) is -1.96. The van der Waals surface area contributed by atoms with E-state index in [0.717, 1.165) is 4.57 Å². The molecule has 1 N–H and O–H groups in total. The fraction of sp³-hybridized carbons (Fsp3) is 0.355. The number of hydrogen-bond donors (Lipinski definition) is 1. The fourth-order valence-electron chi connectivity index (χ4n) is 6.56. The van der Waals surface area contributed by atoms with Gasteiger partial charge in [-0.25, -0.2) is 4.79 Å². The smallest absolute Gasteiger partial charge is 0.332 e. The minimum absolute atomic E-state index is 0.0156. The molecular weight excluding hydrogens is 594 g/mol.